The number of rotatable bonds is 8. The second kappa shape index (κ2) is 16.7. The Balaban J connectivity index is 0. The lowest BCUT2D eigenvalue weighted by Gasteiger charge is -2.09. The Kier molecular flexibility index (Phi) is 17.4. The van der Waals surface area contributed by atoms with Gasteiger partial charge in [-0.25, -0.2) is 0 Å². The van der Waals surface area contributed by atoms with Crippen LogP contribution in [0.25, 0.3) is 0 Å². The Hall–Kier alpha value is -1.37. The van der Waals surface area contributed by atoms with Crippen molar-refractivity contribution in [3.05, 3.63) is 0 Å². The van der Waals surface area contributed by atoms with Gasteiger partial charge in [0.25, 0.3) is 0 Å². The van der Waals surface area contributed by atoms with Crippen molar-refractivity contribution in [2.75, 3.05) is 26.4 Å². The maximum atomic E-state index is 10.5. The predicted octanol–water partition coefficient (Wildman–Crippen LogP) is 2.00. The van der Waals surface area contributed by atoms with Gasteiger partial charge in [0.1, 0.15) is 0 Å². The van der Waals surface area contributed by atoms with Crippen LogP contribution in [0, 0.1) is 24.2 Å². The van der Waals surface area contributed by atoms with E-state index in [1.165, 1.54) is 6.92 Å². The molecule has 0 aliphatic carbocycles. The highest BCUT2D eigenvalue weighted by atomic mass is 16.7. The monoisotopic (exact) mass is 298 g/mol. The number of terminal acetylenes is 1. The number of ketones is 1. The first kappa shape index (κ1) is 21.9. The van der Waals surface area contributed by atoms with Crippen LogP contribution in [0.1, 0.15) is 34.6 Å². The smallest absolute Gasteiger partial charge is 0.222 e. The first-order chi connectivity index (χ1) is 10.0. The fourth-order valence-electron chi connectivity index (χ4n) is 1.04. The lowest BCUT2D eigenvalue weighted by Crippen LogP contribution is -2.15. The summed E-state index contributed by atoms with van der Waals surface area (Å²) in [5.74, 6) is 7.13. The third-order valence-electron chi connectivity index (χ3n) is 1.77. The molecule has 0 bridgehead atoms. The molecule has 0 aromatic carbocycles. The largest absolute Gasteiger partial charge is 0.342 e. The van der Waals surface area contributed by atoms with E-state index < -0.39 is 12.6 Å². The number of ether oxygens (including phenoxy) is 4. The first-order valence-electron chi connectivity index (χ1n) is 7.00. The maximum absolute atomic E-state index is 10.5. The van der Waals surface area contributed by atoms with Gasteiger partial charge in [-0.05, 0) is 45.5 Å². The zero-order valence-corrected chi connectivity index (χ0v) is 13.6. The molecule has 0 atom stereocenters. The minimum atomic E-state index is -0.566. The van der Waals surface area contributed by atoms with E-state index in [0.29, 0.717) is 26.4 Å². The van der Waals surface area contributed by atoms with Crippen molar-refractivity contribution in [2.24, 2.45) is 0 Å². The Morgan fingerprint density at radius 2 is 1.29 bits per heavy atom. The van der Waals surface area contributed by atoms with E-state index >= 15 is 0 Å². The van der Waals surface area contributed by atoms with Crippen LogP contribution < -0.4 is 0 Å². The fourth-order valence-corrected chi connectivity index (χ4v) is 1.04. The zero-order chi connectivity index (χ0) is 16.5. The van der Waals surface area contributed by atoms with E-state index in [2.05, 4.69) is 17.8 Å². The van der Waals surface area contributed by atoms with Gasteiger partial charge in [0.15, 0.2) is 0 Å². The molecule has 0 aliphatic rings. The van der Waals surface area contributed by atoms with Crippen molar-refractivity contribution in [3.8, 4) is 24.2 Å². The highest BCUT2D eigenvalue weighted by molar-refractivity contribution is 5.93. The highest BCUT2D eigenvalue weighted by Crippen LogP contribution is 1.92. The molecule has 0 heterocycles. The van der Waals surface area contributed by atoms with E-state index in [1.807, 2.05) is 27.7 Å². The van der Waals surface area contributed by atoms with E-state index in [9.17, 15) is 4.79 Å². The lowest BCUT2D eigenvalue weighted by atomic mass is 10.4. The molecule has 0 N–H and O–H groups in total. The summed E-state index contributed by atoms with van der Waals surface area (Å²) in [5, 5.41) is 0. The van der Waals surface area contributed by atoms with Crippen molar-refractivity contribution in [1.29, 1.82) is 0 Å². The Morgan fingerprint density at radius 3 is 1.57 bits per heavy atom. The van der Waals surface area contributed by atoms with E-state index in [-0.39, 0.29) is 5.78 Å². The molecule has 0 saturated carbocycles. The first-order valence-corrected chi connectivity index (χ1v) is 7.00. The number of Topliss-reactive ketones (excluding diaryl/α,β-unsaturated/α-hetero) is 1. The van der Waals surface area contributed by atoms with Crippen LogP contribution in [0.5, 0.6) is 0 Å². The molecular formula is C16H26O5. The average molecular weight is 298 g/mol. The highest BCUT2D eigenvalue weighted by Gasteiger charge is 2.01. The summed E-state index contributed by atoms with van der Waals surface area (Å²) < 4.78 is 20.1. The van der Waals surface area contributed by atoms with Gasteiger partial charge in [-0.1, -0.05) is 0 Å². The third-order valence-corrected chi connectivity index (χ3v) is 1.77. The second-order valence-corrected chi connectivity index (χ2v) is 3.48. The summed E-state index contributed by atoms with van der Waals surface area (Å²) in [6.45, 7) is 11.1. The molecule has 120 valence electrons. The van der Waals surface area contributed by atoms with Gasteiger partial charge in [-0.15, -0.1) is 6.42 Å². The predicted molar refractivity (Wildman–Crippen MR) is 81.4 cm³/mol. The number of carbonyl (C=O) groups is 1. The Bertz CT molecular complexity index is 336. The summed E-state index contributed by atoms with van der Waals surface area (Å²) >= 11 is 0. The van der Waals surface area contributed by atoms with E-state index in [4.69, 9.17) is 25.4 Å². The lowest BCUT2D eigenvalue weighted by molar-refractivity contribution is -0.112. The summed E-state index contributed by atoms with van der Waals surface area (Å²) in [5.41, 5.74) is 0. The van der Waals surface area contributed by atoms with Crippen LogP contribution in [0.2, 0.25) is 0 Å². The van der Waals surface area contributed by atoms with Gasteiger partial charge < -0.3 is 18.9 Å². The average Bonchev–Trinajstić information content (AvgIpc) is 2.45. The minimum Gasteiger partial charge on any atom is -0.342 e. The molecule has 0 amide bonds. The molecule has 0 aliphatic heterocycles. The normalized spacial score (nSPS) is 9.43. The van der Waals surface area contributed by atoms with Crippen molar-refractivity contribution in [1.82, 2.24) is 0 Å². The number of hydrogen-bond acceptors (Lipinski definition) is 5. The van der Waals surface area contributed by atoms with Crippen molar-refractivity contribution in [3.63, 3.8) is 0 Å². The molecular weight excluding hydrogens is 272 g/mol. The molecule has 5 nitrogen and oxygen atoms in total. The van der Waals surface area contributed by atoms with Crippen LogP contribution in [-0.2, 0) is 23.7 Å². The fraction of sp³-hybridized carbons (Fsp3) is 0.688. The van der Waals surface area contributed by atoms with Crippen LogP contribution in [0.3, 0.4) is 0 Å². The summed E-state index contributed by atoms with van der Waals surface area (Å²) in [4.78, 5) is 10.5. The van der Waals surface area contributed by atoms with E-state index in [0.717, 1.165) is 0 Å². The Labute approximate surface area is 128 Å². The quantitative estimate of drug-likeness (QED) is 0.390. The van der Waals surface area contributed by atoms with E-state index in [1.54, 1.807) is 0 Å². The maximum Gasteiger partial charge on any atom is 0.222 e. The Morgan fingerprint density at radius 1 is 0.905 bits per heavy atom. The molecule has 21 heavy (non-hydrogen) atoms. The SMILES string of the molecule is C#CC(OCC)OCC.CCOC(C#CC(C)=O)OCC. The van der Waals surface area contributed by atoms with Crippen molar-refractivity contribution < 1.29 is 23.7 Å². The molecule has 0 spiro atoms. The van der Waals surface area contributed by atoms with Crippen LogP contribution in [0.15, 0.2) is 0 Å². The molecule has 0 radical (unpaired) electrons. The van der Waals surface area contributed by atoms with Crippen LogP contribution in [0.4, 0.5) is 0 Å². The number of carbonyl (C=O) groups excluding carboxylic acids is 1. The van der Waals surface area contributed by atoms with Gasteiger partial charge in [0, 0.05) is 33.4 Å². The van der Waals surface area contributed by atoms with Crippen LogP contribution in [-0.4, -0.2) is 44.8 Å². The summed E-state index contributed by atoms with van der Waals surface area (Å²) in [6, 6.07) is 0. The molecule has 0 aromatic rings. The molecule has 0 fully saturated rings. The molecule has 0 rings (SSSR count). The number of hydrogen-bond donors (Lipinski definition) is 0. The molecule has 0 saturated heterocycles. The van der Waals surface area contributed by atoms with Gasteiger partial charge >= 0.3 is 0 Å². The second-order valence-electron chi connectivity index (χ2n) is 3.48. The topological polar surface area (TPSA) is 54.0 Å². The standard InChI is InChI=1S/C9H14O3.C7H12O2/c1-4-11-9(12-5-2)7-6-8(3)10;1-4-7(8-5-2)9-6-3/h9H,4-5H2,1-3H3;1,7H,5-6H2,2-3H3. The molecule has 0 unspecified atom stereocenters. The van der Waals surface area contributed by atoms with Gasteiger partial charge in [-0.2, -0.15) is 0 Å². The summed E-state index contributed by atoms with van der Waals surface area (Å²) in [6.07, 6.45) is 4.02. The van der Waals surface area contributed by atoms with Crippen LogP contribution >= 0.6 is 0 Å². The minimum absolute atomic E-state index is 0.181. The van der Waals surface area contributed by atoms with Gasteiger partial charge in [0.05, 0.1) is 0 Å². The molecule has 0 aromatic heterocycles. The zero-order valence-electron chi connectivity index (χ0n) is 13.6. The van der Waals surface area contributed by atoms with Gasteiger partial charge in [0.2, 0.25) is 18.4 Å². The van der Waals surface area contributed by atoms with Crippen molar-refractivity contribution in [2.45, 2.75) is 47.2 Å². The molecule has 5 heteroatoms. The van der Waals surface area contributed by atoms with Crippen molar-refractivity contribution >= 4 is 5.78 Å². The summed E-state index contributed by atoms with van der Waals surface area (Å²) in [7, 11) is 0. The van der Waals surface area contributed by atoms with Gasteiger partial charge in [-0.3, -0.25) is 4.79 Å². The third kappa shape index (κ3) is 16.6.